The van der Waals surface area contributed by atoms with Crippen molar-refractivity contribution in [3.63, 3.8) is 0 Å². The molecule has 20 heavy (non-hydrogen) atoms. The summed E-state index contributed by atoms with van der Waals surface area (Å²) in [5, 5.41) is 0. The van der Waals surface area contributed by atoms with E-state index in [1.165, 1.54) is 5.56 Å². The first kappa shape index (κ1) is 14.7. The summed E-state index contributed by atoms with van der Waals surface area (Å²) >= 11 is 0. The highest BCUT2D eigenvalue weighted by Crippen LogP contribution is 2.39. The molecule has 0 N–H and O–H groups in total. The van der Waals surface area contributed by atoms with Crippen LogP contribution in [0.25, 0.3) is 0 Å². The predicted molar refractivity (Wildman–Crippen MR) is 80.5 cm³/mol. The van der Waals surface area contributed by atoms with Gasteiger partial charge in [0.05, 0.1) is 0 Å². The maximum atomic E-state index is 12.5. The molecule has 106 valence electrons. The van der Waals surface area contributed by atoms with Crippen LogP contribution in [0.2, 0.25) is 0 Å². The molecule has 0 heterocycles. The molecule has 1 aromatic rings. The molecule has 1 aliphatic rings. The van der Waals surface area contributed by atoms with Crippen LogP contribution in [-0.4, -0.2) is 11.6 Å². The van der Waals surface area contributed by atoms with E-state index >= 15 is 0 Å². The zero-order valence-electron chi connectivity index (χ0n) is 11.9. The molecule has 0 saturated heterocycles. The number of ketones is 2. The molecule has 1 saturated carbocycles. The Morgan fingerprint density at radius 3 is 2.55 bits per heavy atom. The van der Waals surface area contributed by atoms with Gasteiger partial charge in [-0.3, -0.25) is 9.59 Å². The molecule has 2 heteroatoms. The highest BCUT2D eigenvalue weighted by atomic mass is 16.1. The molecule has 2 rings (SSSR count). The molecule has 0 spiro atoms. The van der Waals surface area contributed by atoms with Crippen molar-refractivity contribution in [1.29, 1.82) is 0 Å². The Kier molecular flexibility index (Phi) is 4.89. The summed E-state index contributed by atoms with van der Waals surface area (Å²) in [6.07, 6.45) is 6.26. The van der Waals surface area contributed by atoms with Crippen LogP contribution in [0.15, 0.2) is 43.0 Å². The normalized spacial score (nSPS) is 23.4. The molecule has 1 aliphatic carbocycles. The summed E-state index contributed by atoms with van der Waals surface area (Å²) in [5.74, 6) is 0.475. The van der Waals surface area contributed by atoms with E-state index in [-0.39, 0.29) is 17.0 Å². The number of allylic oxidation sites excluding steroid dienone is 1. The minimum absolute atomic E-state index is 0.226. The molecule has 1 aromatic carbocycles. The maximum Gasteiger partial charge on any atom is 0.139 e. The van der Waals surface area contributed by atoms with Gasteiger partial charge in [0, 0.05) is 24.7 Å². The van der Waals surface area contributed by atoms with Crippen molar-refractivity contribution in [3.05, 3.63) is 48.6 Å². The summed E-state index contributed by atoms with van der Waals surface area (Å²) < 4.78 is 0. The fourth-order valence-electron chi connectivity index (χ4n) is 3.05. The Morgan fingerprint density at radius 2 is 1.85 bits per heavy atom. The van der Waals surface area contributed by atoms with Crippen molar-refractivity contribution in [2.24, 2.45) is 5.41 Å². The second-order valence-electron chi connectivity index (χ2n) is 5.72. The quantitative estimate of drug-likeness (QED) is 0.601. The van der Waals surface area contributed by atoms with E-state index in [4.69, 9.17) is 0 Å². The first-order chi connectivity index (χ1) is 9.66. The SMILES string of the molecule is C=CC[C@]1(CCc2ccccc2)CCC(=O)CCC1=O. The fourth-order valence-corrected chi connectivity index (χ4v) is 3.05. The van der Waals surface area contributed by atoms with Gasteiger partial charge in [-0.1, -0.05) is 36.4 Å². The number of benzene rings is 1. The van der Waals surface area contributed by atoms with Gasteiger partial charge >= 0.3 is 0 Å². The van der Waals surface area contributed by atoms with Gasteiger partial charge in [-0.15, -0.1) is 6.58 Å². The molecule has 1 atom stereocenters. The molecule has 0 radical (unpaired) electrons. The topological polar surface area (TPSA) is 34.1 Å². The van der Waals surface area contributed by atoms with Crippen molar-refractivity contribution in [2.45, 2.75) is 44.9 Å². The van der Waals surface area contributed by atoms with Crippen molar-refractivity contribution in [2.75, 3.05) is 0 Å². The van der Waals surface area contributed by atoms with Crippen LogP contribution in [0.5, 0.6) is 0 Å². The third-order valence-electron chi connectivity index (χ3n) is 4.37. The summed E-state index contributed by atoms with van der Waals surface area (Å²) in [7, 11) is 0. The number of hydrogen-bond donors (Lipinski definition) is 0. The van der Waals surface area contributed by atoms with E-state index in [0.717, 1.165) is 12.8 Å². The molecular weight excluding hydrogens is 248 g/mol. The van der Waals surface area contributed by atoms with Crippen molar-refractivity contribution < 1.29 is 9.59 Å². The van der Waals surface area contributed by atoms with Gasteiger partial charge in [0.25, 0.3) is 0 Å². The minimum Gasteiger partial charge on any atom is -0.300 e. The second-order valence-corrected chi connectivity index (χ2v) is 5.72. The Labute approximate surface area is 120 Å². The van der Waals surface area contributed by atoms with Crippen LogP contribution in [0.4, 0.5) is 0 Å². The van der Waals surface area contributed by atoms with Gasteiger partial charge in [0.2, 0.25) is 0 Å². The maximum absolute atomic E-state index is 12.5. The van der Waals surface area contributed by atoms with Crippen LogP contribution in [-0.2, 0) is 16.0 Å². The molecule has 2 nitrogen and oxygen atoms in total. The average molecular weight is 270 g/mol. The van der Waals surface area contributed by atoms with Crippen LogP contribution >= 0.6 is 0 Å². The van der Waals surface area contributed by atoms with Gasteiger partial charge in [-0.05, 0) is 31.2 Å². The van der Waals surface area contributed by atoms with E-state index in [9.17, 15) is 9.59 Å². The second kappa shape index (κ2) is 6.65. The van der Waals surface area contributed by atoms with Gasteiger partial charge in [-0.25, -0.2) is 0 Å². The van der Waals surface area contributed by atoms with E-state index in [1.54, 1.807) is 0 Å². The van der Waals surface area contributed by atoms with Gasteiger partial charge in [0.15, 0.2) is 0 Å². The Morgan fingerprint density at radius 1 is 1.10 bits per heavy atom. The molecule has 0 aliphatic heterocycles. The highest BCUT2D eigenvalue weighted by molar-refractivity contribution is 5.92. The van der Waals surface area contributed by atoms with E-state index < -0.39 is 0 Å². The van der Waals surface area contributed by atoms with Crippen molar-refractivity contribution >= 4 is 11.6 Å². The summed E-state index contributed by atoms with van der Waals surface area (Å²) in [6, 6.07) is 10.2. The standard InChI is InChI=1S/C18H22O2/c1-2-12-18(13-10-15-6-4-3-5-7-15)14-11-16(19)8-9-17(18)20/h2-7H,1,8-14H2/t18-/m0/s1. The van der Waals surface area contributed by atoms with Crippen LogP contribution < -0.4 is 0 Å². The van der Waals surface area contributed by atoms with Gasteiger partial charge in [0.1, 0.15) is 11.6 Å². The van der Waals surface area contributed by atoms with Crippen LogP contribution in [0.3, 0.4) is 0 Å². The van der Waals surface area contributed by atoms with Crippen LogP contribution in [0.1, 0.15) is 44.1 Å². The number of hydrogen-bond acceptors (Lipinski definition) is 2. The fraction of sp³-hybridized carbons (Fsp3) is 0.444. The largest absolute Gasteiger partial charge is 0.300 e. The lowest BCUT2D eigenvalue weighted by Crippen LogP contribution is -2.30. The third-order valence-corrected chi connectivity index (χ3v) is 4.37. The van der Waals surface area contributed by atoms with E-state index in [1.807, 2.05) is 24.3 Å². The predicted octanol–water partition coefficient (Wildman–Crippen LogP) is 3.89. The number of Topliss-reactive ketones (excluding diaryl/α,β-unsaturated/α-hetero) is 2. The lowest BCUT2D eigenvalue weighted by molar-refractivity contribution is -0.129. The Bertz CT molecular complexity index is 489. The lowest BCUT2D eigenvalue weighted by Gasteiger charge is -2.30. The summed E-state index contributed by atoms with van der Waals surface area (Å²) in [4.78, 5) is 24.1. The zero-order chi connectivity index (χ0) is 14.4. The molecule has 1 fully saturated rings. The third kappa shape index (κ3) is 3.44. The number of carbonyl (C=O) groups excluding carboxylic acids is 2. The molecule has 0 amide bonds. The smallest absolute Gasteiger partial charge is 0.139 e. The zero-order valence-corrected chi connectivity index (χ0v) is 11.9. The van der Waals surface area contributed by atoms with Crippen molar-refractivity contribution in [3.8, 4) is 0 Å². The monoisotopic (exact) mass is 270 g/mol. The van der Waals surface area contributed by atoms with Gasteiger partial charge < -0.3 is 0 Å². The Balaban J connectivity index is 2.13. The first-order valence-electron chi connectivity index (χ1n) is 7.36. The highest BCUT2D eigenvalue weighted by Gasteiger charge is 2.38. The van der Waals surface area contributed by atoms with E-state index in [0.29, 0.717) is 32.1 Å². The molecular formula is C18H22O2. The first-order valence-corrected chi connectivity index (χ1v) is 7.36. The number of carbonyl (C=O) groups is 2. The van der Waals surface area contributed by atoms with E-state index in [2.05, 4.69) is 18.7 Å². The summed E-state index contributed by atoms with van der Waals surface area (Å²) in [6.45, 7) is 3.80. The molecule has 0 bridgehead atoms. The molecule has 0 aromatic heterocycles. The lowest BCUT2D eigenvalue weighted by atomic mass is 9.72. The minimum atomic E-state index is -0.371. The van der Waals surface area contributed by atoms with Gasteiger partial charge in [-0.2, -0.15) is 0 Å². The Hall–Kier alpha value is -1.70. The van der Waals surface area contributed by atoms with Crippen molar-refractivity contribution in [1.82, 2.24) is 0 Å². The van der Waals surface area contributed by atoms with Crippen LogP contribution in [0, 0.1) is 5.41 Å². The molecule has 0 unspecified atom stereocenters. The number of aryl methyl sites for hydroxylation is 1. The number of rotatable bonds is 5. The average Bonchev–Trinajstić information content (AvgIpc) is 2.61. The summed E-state index contributed by atoms with van der Waals surface area (Å²) in [5.41, 5.74) is 0.878.